The second-order valence-electron chi connectivity index (χ2n) is 4.51. The number of pyridine rings is 1. The molecule has 2 heterocycles. The first kappa shape index (κ1) is 12.6. The van der Waals surface area contributed by atoms with Gasteiger partial charge in [0, 0.05) is 17.3 Å². The number of aryl methyl sites for hydroxylation is 1. The van der Waals surface area contributed by atoms with Gasteiger partial charge in [0.15, 0.2) is 0 Å². The quantitative estimate of drug-likeness (QED) is 0.902. The first-order chi connectivity index (χ1) is 8.56. The molecule has 4 nitrogen and oxygen atoms in total. The third-order valence-corrected chi connectivity index (χ3v) is 2.49. The molecule has 0 aliphatic carbocycles. The zero-order chi connectivity index (χ0) is 13.1. The zero-order valence-corrected chi connectivity index (χ0v) is 10.8. The summed E-state index contributed by atoms with van der Waals surface area (Å²) in [5, 5.41) is 10.2. The van der Waals surface area contributed by atoms with Crippen LogP contribution in [-0.2, 0) is 0 Å². The molecule has 0 fully saturated rings. The molecular formula is C14H17NO3. The predicted octanol–water partition coefficient (Wildman–Crippen LogP) is 2.85. The van der Waals surface area contributed by atoms with Crippen LogP contribution in [0.1, 0.15) is 36.8 Å². The SMILES string of the molecule is Cc1cc(C(O)c2cncc(OC(C)C)c2)co1. The van der Waals surface area contributed by atoms with Gasteiger partial charge in [0.1, 0.15) is 17.6 Å². The summed E-state index contributed by atoms with van der Waals surface area (Å²) < 4.78 is 10.7. The highest BCUT2D eigenvalue weighted by Gasteiger charge is 2.14. The Hall–Kier alpha value is -1.81. The van der Waals surface area contributed by atoms with Gasteiger partial charge in [-0.3, -0.25) is 4.98 Å². The number of aliphatic hydroxyl groups is 1. The minimum atomic E-state index is -0.745. The van der Waals surface area contributed by atoms with Gasteiger partial charge in [0.2, 0.25) is 0 Å². The molecule has 0 spiro atoms. The van der Waals surface area contributed by atoms with E-state index in [0.717, 1.165) is 11.3 Å². The highest BCUT2D eigenvalue weighted by atomic mass is 16.5. The molecule has 1 atom stereocenters. The third kappa shape index (κ3) is 2.90. The molecule has 0 aliphatic heterocycles. The van der Waals surface area contributed by atoms with Crippen LogP contribution in [0.3, 0.4) is 0 Å². The van der Waals surface area contributed by atoms with Gasteiger partial charge in [-0.05, 0) is 32.9 Å². The van der Waals surface area contributed by atoms with Crippen molar-refractivity contribution in [3.05, 3.63) is 47.7 Å². The fraction of sp³-hybridized carbons (Fsp3) is 0.357. The molecule has 18 heavy (non-hydrogen) atoms. The molecule has 2 rings (SSSR count). The van der Waals surface area contributed by atoms with Crippen LogP contribution >= 0.6 is 0 Å². The lowest BCUT2D eigenvalue weighted by molar-refractivity contribution is 0.214. The number of ether oxygens (including phenoxy) is 1. The molecule has 0 saturated heterocycles. The molecule has 2 aromatic heterocycles. The van der Waals surface area contributed by atoms with Crippen LogP contribution in [0, 0.1) is 6.92 Å². The Morgan fingerprint density at radius 1 is 1.22 bits per heavy atom. The Morgan fingerprint density at radius 2 is 2.00 bits per heavy atom. The molecule has 0 saturated carbocycles. The van der Waals surface area contributed by atoms with E-state index in [-0.39, 0.29) is 6.10 Å². The maximum Gasteiger partial charge on any atom is 0.138 e. The van der Waals surface area contributed by atoms with Crippen LogP contribution in [0.5, 0.6) is 5.75 Å². The van der Waals surface area contributed by atoms with Gasteiger partial charge in [-0.15, -0.1) is 0 Å². The van der Waals surface area contributed by atoms with Crippen molar-refractivity contribution in [1.82, 2.24) is 4.98 Å². The van der Waals surface area contributed by atoms with Crippen molar-refractivity contribution in [2.75, 3.05) is 0 Å². The van der Waals surface area contributed by atoms with Crippen molar-refractivity contribution in [1.29, 1.82) is 0 Å². The number of aliphatic hydroxyl groups excluding tert-OH is 1. The number of furan rings is 1. The number of hydrogen-bond donors (Lipinski definition) is 1. The van der Waals surface area contributed by atoms with E-state index in [1.165, 1.54) is 0 Å². The lowest BCUT2D eigenvalue weighted by atomic mass is 10.1. The molecule has 0 bridgehead atoms. The van der Waals surface area contributed by atoms with Crippen molar-refractivity contribution in [2.24, 2.45) is 0 Å². The molecule has 2 aromatic rings. The second-order valence-corrected chi connectivity index (χ2v) is 4.51. The van der Waals surface area contributed by atoms with Crippen LogP contribution in [0.4, 0.5) is 0 Å². The zero-order valence-electron chi connectivity index (χ0n) is 10.8. The largest absolute Gasteiger partial charge is 0.489 e. The highest BCUT2D eigenvalue weighted by molar-refractivity contribution is 5.31. The van der Waals surface area contributed by atoms with E-state index >= 15 is 0 Å². The highest BCUT2D eigenvalue weighted by Crippen LogP contribution is 2.25. The van der Waals surface area contributed by atoms with E-state index in [0.29, 0.717) is 11.3 Å². The molecule has 0 radical (unpaired) electrons. The fourth-order valence-electron chi connectivity index (χ4n) is 1.72. The number of nitrogens with zero attached hydrogens (tertiary/aromatic N) is 1. The Morgan fingerprint density at radius 3 is 2.61 bits per heavy atom. The van der Waals surface area contributed by atoms with E-state index in [1.807, 2.05) is 20.8 Å². The normalized spacial score (nSPS) is 12.7. The number of hydrogen-bond acceptors (Lipinski definition) is 4. The molecule has 0 aliphatic rings. The van der Waals surface area contributed by atoms with Gasteiger partial charge in [-0.2, -0.15) is 0 Å². The summed E-state index contributed by atoms with van der Waals surface area (Å²) in [5.74, 6) is 1.42. The summed E-state index contributed by atoms with van der Waals surface area (Å²) in [7, 11) is 0. The van der Waals surface area contributed by atoms with Gasteiger partial charge in [0.05, 0.1) is 18.6 Å². The number of aromatic nitrogens is 1. The molecule has 0 aromatic carbocycles. The Bertz CT molecular complexity index is 519. The van der Waals surface area contributed by atoms with Crippen LogP contribution in [-0.4, -0.2) is 16.2 Å². The van der Waals surface area contributed by atoms with Crippen molar-refractivity contribution in [3.63, 3.8) is 0 Å². The van der Waals surface area contributed by atoms with Gasteiger partial charge < -0.3 is 14.3 Å². The summed E-state index contributed by atoms with van der Waals surface area (Å²) in [6.07, 6.45) is 4.15. The van der Waals surface area contributed by atoms with E-state index < -0.39 is 6.10 Å². The first-order valence-electron chi connectivity index (χ1n) is 5.91. The van der Waals surface area contributed by atoms with Crippen LogP contribution < -0.4 is 4.74 Å². The van der Waals surface area contributed by atoms with Crippen LogP contribution in [0.2, 0.25) is 0 Å². The van der Waals surface area contributed by atoms with Crippen molar-refractivity contribution in [2.45, 2.75) is 33.0 Å². The van der Waals surface area contributed by atoms with Gasteiger partial charge in [-0.1, -0.05) is 0 Å². The maximum atomic E-state index is 10.2. The molecule has 96 valence electrons. The average molecular weight is 247 g/mol. The van der Waals surface area contributed by atoms with Gasteiger partial charge in [0.25, 0.3) is 0 Å². The summed E-state index contributed by atoms with van der Waals surface area (Å²) >= 11 is 0. The fourth-order valence-corrected chi connectivity index (χ4v) is 1.72. The molecule has 1 unspecified atom stereocenters. The topological polar surface area (TPSA) is 55.5 Å². The van der Waals surface area contributed by atoms with E-state index in [9.17, 15) is 5.11 Å². The smallest absolute Gasteiger partial charge is 0.138 e. The minimum Gasteiger partial charge on any atom is -0.489 e. The Labute approximate surface area is 106 Å². The summed E-state index contributed by atoms with van der Waals surface area (Å²) in [6.45, 7) is 5.73. The molecular weight excluding hydrogens is 230 g/mol. The lowest BCUT2D eigenvalue weighted by Gasteiger charge is -2.12. The second kappa shape index (κ2) is 5.23. The van der Waals surface area contributed by atoms with Crippen LogP contribution in [0.25, 0.3) is 0 Å². The standard InChI is InChI=1S/C14H17NO3/c1-9(2)18-13-5-11(6-15-7-13)14(16)12-4-10(3)17-8-12/h4-9,14,16H,1-3H3. The summed E-state index contributed by atoms with van der Waals surface area (Å²) in [4.78, 5) is 4.08. The maximum absolute atomic E-state index is 10.2. The summed E-state index contributed by atoms with van der Waals surface area (Å²) in [6, 6.07) is 3.60. The minimum absolute atomic E-state index is 0.0790. The van der Waals surface area contributed by atoms with Crippen molar-refractivity contribution >= 4 is 0 Å². The van der Waals surface area contributed by atoms with E-state index in [2.05, 4.69) is 4.98 Å². The molecule has 1 N–H and O–H groups in total. The third-order valence-electron chi connectivity index (χ3n) is 2.49. The number of rotatable bonds is 4. The van der Waals surface area contributed by atoms with Crippen molar-refractivity contribution in [3.8, 4) is 5.75 Å². The van der Waals surface area contributed by atoms with Crippen molar-refractivity contribution < 1.29 is 14.3 Å². The average Bonchev–Trinajstić information content (AvgIpc) is 2.74. The first-order valence-corrected chi connectivity index (χ1v) is 5.91. The monoisotopic (exact) mass is 247 g/mol. The van der Waals surface area contributed by atoms with Crippen LogP contribution in [0.15, 0.2) is 35.2 Å². The Balaban J connectivity index is 2.22. The lowest BCUT2D eigenvalue weighted by Crippen LogP contribution is -2.07. The molecule has 4 heteroatoms. The Kier molecular flexibility index (Phi) is 3.67. The van der Waals surface area contributed by atoms with Gasteiger partial charge in [-0.25, -0.2) is 0 Å². The predicted molar refractivity (Wildman–Crippen MR) is 67.5 cm³/mol. The van der Waals surface area contributed by atoms with Gasteiger partial charge >= 0.3 is 0 Å². The van der Waals surface area contributed by atoms with E-state index in [4.69, 9.17) is 9.15 Å². The van der Waals surface area contributed by atoms with E-state index in [1.54, 1.807) is 30.8 Å². The summed E-state index contributed by atoms with van der Waals surface area (Å²) in [5.41, 5.74) is 1.41. The molecule has 0 amide bonds.